The lowest BCUT2D eigenvalue weighted by molar-refractivity contribution is -0.143. The van der Waals surface area contributed by atoms with Gasteiger partial charge >= 0.3 is 12.1 Å². The Balaban J connectivity index is 1.98. The number of hydrogen-bond acceptors (Lipinski definition) is 3. The molecule has 122 valence electrons. The van der Waals surface area contributed by atoms with E-state index >= 15 is 0 Å². The number of ether oxygens (including phenoxy) is 1. The Labute approximate surface area is 134 Å². The average molecular weight is 316 g/mol. The summed E-state index contributed by atoms with van der Waals surface area (Å²) >= 11 is 0. The van der Waals surface area contributed by atoms with Crippen LogP contribution in [0.5, 0.6) is 0 Å². The molecule has 1 aliphatic rings. The number of carbonyl (C=O) groups excluding carboxylic acids is 1. The lowest BCUT2D eigenvalue weighted by Crippen LogP contribution is -2.50. The lowest BCUT2D eigenvalue weighted by atomic mass is 9.97. The third-order valence-electron chi connectivity index (χ3n) is 3.92. The minimum absolute atomic E-state index is 0.204. The Kier molecular flexibility index (Phi) is 3.55. The van der Waals surface area contributed by atoms with Gasteiger partial charge < -0.3 is 14.8 Å². The third kappa shape index (κ3) is 2.88. The van der Waals surface area contributed by atoms with Gasteiger partial charge in [0.15, 0.2) is 0 Å². The average Bonchev–Trinajstić information content (AvgIpc) is 2.81. The first-order valence-corrected chi connectivity index (χ1v) is 7.57. The first-order chi connectivity index (χ1) is 10.8. The largest absolute Gasteiger partial charge is 0.480 e. The van der Waals surface area contributed by atoms with Crippen molar-refractivity contribution in [1.82, 2.24) is 9.88 Å². The SMILES string of the molecule is CC(C)(C)OC(=O)N1Cc2[nH]c3ccccc3c2C[C@H]1C(=O)O. The molecule has 0 bridgehead atoms. The number of aliphatic carboxylic acids is 1. The van der Waals surface area contributed by atoms with Gasteiger partial charge in [0.2, 0.25) is 0 Å². The van der Waals surface area contributed by atoms with Gasteiger partial charge in [0.25, 0.3) is 0 Å². The highest BCUT2D eigenvalue weighted by molar-refractivity contribution is 5.88. The molecule has 23 heavy (non-hydrogen) atoms. The highest BCUT2D eigenvalue weighted by Gasteiger charge is 2.38. The van der Waals surface area contributed by atoms with E-state index < -0.39 is 23.7 Å². The zero-order valence-corrected chi connectivity index (χ0v) is 13.4. The number of rotatable bonds is 1. The van der Waals surface area contributed by atoms with Crippen LogP contribution in [0.15, 0.2) is 24.3 Å². The van der Waals surface area contributed by atoms with Crippen LogP contribution in [-0.2, 0) is 22.5 Å². The van der Waals surface area contributed by atoms with E-state index in [1.165, 1.54) is 4.90 Å². The molecule has 0 unspecified atom stereocenters. The lowest BCUT2D eigenvalue weighted by Gasteiger charge is -2.34. The molecule has 3 rings (SSSR count). The Morgan fingerprint density at radius 2 is 2.00 bits per heavy atom. The summed E-state index contributed by atoms with van der Waals surface area (Å²) in [6, 6.07) is 6.84. The maximum atomic E-state index is 12.4. The number of aromatic amines is 1. The topological polar surface area (TPSA) is 82.6 Å². The Hall–Kier alpha value is -2.50. The molecule has 1 aliphatic heterocycles. The number of para-hydroxylation sites is 1. The number of nitrogens with zero attached hydrogens (tertiary/aromatic N) is 1. The summed E-state index contributed by atoms with van der Waals surface area (Å²) < 4.78 is 5.36. The fourth-order valence-corrected chi connectivity index (χ4v) is 2.94. The number of amides is 1. The second kappa shape index (κ2) is 5.30. The molecule has 1 amide bonds. The van der Waals surface area contributed by atoms with E-state index in [9.17, 15) is 14.7 Å². The Morgan fingerprint density at radius 1 is 1.30 bits per heavy atom. The molecule has 2 heterocycles. The van der Waals surface area contributed by atoms with Crippen molar-refractivity contribution in [1.29, 1.82) is 0 Å². The number of hydrogen-bond donors (Lipinski definition) is 2. The fraction of sp³-hybridized carbons (Fsp3) is 0.412. The zero-order valence-electron chi connectivity index (χ0n) is 13.4. The minimum atomic E-state index is -1.02. The van der Waals surface area contributed by atoms with Crippen molar-refractivity contribution in [3.63, 3.8) is 0 Å². The highest BCUT2D eigenvalue weighted by Crippen LogP contribution is 2.31. The second-order valence-corrected chi connectivity index (χ2v) is 6.79. The molecule has 0 fully saturated rings. The van der Waals surface area contributed by atoms with Crippen LogP contribution in [0.4, 0.5) is 4.79 Å². The van der Waals surface area contributed by atoms with E-state index in [-0.39, 0.29) is 13.0 Å². The first kappa shape index (κ1) is 15.4. The fourth-order valence-electron chi connectivity index (χ4n) is 2.94. The summed E-state index contributed by atoms with van der Waals surface area (Å²) in [4.78, 5) is 28.6. The molecule has 0 spiro atoms. The third-order valence-corrected chi connectivity index (χ3v) is 3.92. The van der Waals surface area contributed by atoms with Gasteiger partial charge in [-0.1, -0.05) is 18.2 Å². The summed E-state index contributed by atoms with van der Waals surface area (Å²) in [5.41, 5.74) is 2.12. The van der Waals surface area contributed by atoms with Crippen molar-refractivity contribution >= 4 is 23.0 Å². The molecule has 2 aromatic rings. The number of carboxylic acid groups (broad SMARTS) is 1. The number of H-pyrrole nitrogens is 1. The van der Waals surface area contributed by atoms with Gasteiger partial charge in [-0.05, 0) is 32.4 Å². The number of carbonyl (C=O) groups is 2. The van der Waals surface area contributed by atoms with Crippen molar-refractivity contribution in [2.24, 2.45) is 0 Å². The normalized spacial score (nSPS) is 17.9. The van der Waals surface area contributed by atoms with E-state index in [0.29, 0.717) is 0 Å². The molecule has 2 N–H and O–H groups in total. The van der Waals surface area contributed by atoms with E-state index in [1.807, 2.05) is 24.3 Å². The van der Waals surface area contributed by atoms with Crippen LogP contribution >= 0.6 is 0 Å². The molecular weight excluding hydrogens is 296 g/mol. The minimum Gasteiger partial charge on any atom is -0.480 e. The molecule has 6 heteroatoms. The maximum Gasteiger partial charge on any atom is 0.411 e. The highest BCUT2D eigenvalue weighted by atomic mass is 16.6. The Bertz CT molecular complexity index is 772. The van der Waals surface area contributed by atoms with Crippen molar-refractivity contribution in [2.75, 3.05) is 0 Å². The van der Waals surface area contributed by atoms with Crippen LogP contribution in [0, 0.1) is 0 Å². The van der Waals surface area contributed by atoms with Crippen LogP contribution in [0.25, 0.3) is 10.9 Å². The van der Waals surface area contributed by atoms with Gasteiger partial charge in [0, 0.05) is 23.0 Å². The summed E-state index contributed by atoms with van der Waals surface area (Å²) in [6.45, 7) is 5.49. The number of fused-ring (bicyclic) bond motifs is 3. The quantitative estimate of drug-likeness (QED) is 0.847. The standard InChI is InChI=1S/C17H20N2O4/c1-17(2,3)23-16(22)19-9-13-11(8-14(19)15(20)21)10-6-4-5-7-12(10)18-13/h4-7,14,18H,8-9H2,1-3H3,(H,20,21)/t14-/m0/s1. The van der Waals surface area contributed by atoms with Gasteiger partial charge in [0.1, 0.15) is 11.6 Å². The van der Waals surface area contributed by atoms with Crippen molar-refractivity contribution in [2.45, 2.75) is 45.4 Å². The number of carboxylic acids is 1. The summed E-state index contributed by atoms with van der Waals surface area (Å²) in [6.07, 6.45) is -0.331. The van der Waals surface area contributed by atoms with E-state index in [4.69, 9.17) is 4.74 Å². The molecule has 6 nitrogen and oxygen atoms in total. The van der Waals surface area contributed by atoms with E-state index in [0.717, 1.165) is 22.2 Å². The van der Waals surface area contributed by atoms with Gasteiger partial charge in [-0.3, -0.25) is 4.90 Å². The van der Waals surface area contributed by atoms with Gasteiger partial charge in [0.05, 0.1) is 6.54 Å². The van der Waals surface area contributed by atoms with Gasteiger partial charge in [-0.2, -0.15) is 0 Å². The predicted octanol–water partition coefficient (Wildman–Crippen LogP) is 2.91. The molecular formula is C17H20N2O4. The summed E-state index contributed by atoms with van der Waals surface area (Å²) in [5, 5.41) is 10.5. The number of aromatic nitrogens is 1. The molecule has 1 aromatic carbocycles. The number of benzene rings is 1. The second-order valence-electron chi connectivity index (χ2n) is 6.79. The van der Waals surface area contributed by atoms with Crippen LogP contribution in [0.1, 0.15) is 32.0 Å². The number of nitrogens with one attached hydrogen (secondary N) is 1. The predicted molar refractivity (Wildman–Crippen MR) is 85.2 cm³/mol. The molecule has 1 aromatic heterocycles. The van der Waals surface area contributed by atoms with Crippen LogP contribution in [0.2, 0.25) is 0 Å². The van der Waals surface area contributed by atoms with Crippen LogP contribution in [0.3, 0.4) is 0 Å². The molecule has 0 radical (unpaired) electrons. The first-order valence-electron chi connectivity index (χ1n) is 7.57. The monoisotopic (exact) mass is 316 g/mol. The van der Waals surface area contributed by atoms with Crippen LogP contribution in [-0.4, -0.2) is 38.7 Å². The summed E-state index contributed by atoms with van der Waals surface area (Å²) in [7, 11) is 0. The maximum absolute atomic E-state index is 12.4. The zero-order chi connectivity index (χ0) is 16.8. The van der Waals surface area contributed by atoms with Crippen molar-refractivity contribution in [3.05, 3.63) is 35.5 Å². The Morgan fingerprint density at radius 3 is 2.65 bits per heavy atom. The molecule has 0 saturated heterocycles. The van der Waals surface area contributed by atoms with Gasteiger partial charge in [-0.15, -0.1) is 0 Å². The van der Waals surface area contributed by atoms with Crippen molar-refractivity contribution in [3.8, 4) is 0 Å². The van der Waals surface area contributed by atoms with E-state index in [1.54, 1.807) is 20.8 Å². The molecule has 1 atom stereocenters. The molecule has 0 aliphatic carbocycles. The smallest absolute Gasteiger partial charge is 0.411 e. The van der Waals surface area contributed by atoms with E-state index in [2.05, 4.69) is 4.98 Å². The van der Waals surface area contributed by atoms with Crippen LogP contribution < -0.4 is 0 Å². The van der Waals surface area contributed by atoms with Gasteiger partial charge in [-0.25, -0.2) is 9.59 Å². The molecule has 0 saturated carbocycles. The van der Waals surface area contributed by atoms with Crippen molar-refractivity contribution < 1.29 is 19.4 Å². The summed E-state index contributed by atoms with van der Waals surface area (Å²) in [5.74, 6) is -1.02.